The smallest absolute Gasteiger partial charge is 0.191 e. The highest BCUT2D eigenvalue weighted by Crippen LogP contribution is 2.14. The van der Waals surface area contributed by atoms with E-state index >= 15 is 0 Å². The second-order valence-corrected chi connectivity index (χ2v) is 6.32. The SMILES string of the molecule is CCNC(=NCc1nncn1C)NCC(C)(C)N1CCOCC1. The summed E-state index contributed by atoms with van der Waals surface area (Å²) in [7, 11) is 1.92. The van der Waals surface area contributed by atoms with Crippen LogP contribution in [0.1, 0.15) is 26.6 Å². The normalized spacial score (nSPS) is 17.3. The van der Waals surface area contributed by atoms with Crippen molar-refractivity contribution in [2.45, 2.75) is 32.9 Å². The van der Waals surface area contributed by atoms with Crippen molar-refractivity contribution in [1.29, 1.82) is 0 Å². The molecule has 0 unspecified atom stereocenters. The van der Waals surface area contributed by atoms with Crippen molar-refractivity contribution < 1.29 is 4.74 Å². The molecule has 0 aromatic carbocycles. The van der Waals surface area contributed by atoms with Gasteiger partial charge in [-0.05, 0) is 20.8 Å². The van der Waals surface area contributed by atoms with Gasteiger partial charge in [-0.15, -0.1) is 10.2 Å². The summed E-state index contributed by atoms with van der Waals surface area (Å²) in [6, 6.07) is 0. The molecule has 0 aliphatic carbocycles. The maximum Gasteiger partial charge on any atom is 0.191 e. The van der Waals surface area contributed by atoms with Gasteiger partial charge in [0.2, 0.25) is 0 Å². The van der Waals surface area contributed by atoms with Gasteiger partial charge in [-0.1, -0.05) is 0 Å². The van der Waals surface area contributed by atoms with E-state index in [-0.39, 0.29) is 5.54 Å². The van der Waals surface area contributed by atoms with Crippen LogP contribution in [-0.4, -0.2) is 70.6 Å². The van der Waals surface area contributed by atoms with Gasteiger partial charge in [0.25, 0.3) is 0 Å². The van der Waals surface area contributed by atoms with E-state index < -0.39 is 0 Å². The third-order valence-corrected chi connectivity index (χ3v) is 4.08. The van der Waals surface area contributed by atoms with E-state index in [1.54, 1.807) is 6.33 Å². The number of nitrogens with one attached hydrogen (secondary N) is 2. The molecule has 130 valence electrons. The van der Waals surface area contributed by atoms with E-state index in [0.29, 0.717) is 6.54 Å². The van der Waals surface area contributed by atoms with E-state index in [2.05, 4.69) is 51.5 Å². The molecule has 0 radical (unpaired) electrons. The molecule has 0 bridgehead atoms. The van der Waals surface area contributed by atoms with Gasteiger partial charge in [0.05, 0.1) is 13.2 Å². The fourth-order valence-corrected chi connectivity index (χ4v) is 2.52. The Balaban J connectivity index is 1.91. The molecule has 1 fully saturated rings. The van der Waals surface area contributed by atoms with Crippen LogP contribution in [0.4, 0.5) is 0 Å². The topological polar surface area (TPSA) is 79.6 Å². The first-order chi connectivity index (χ1) is 11.0. The average molecular weight is 323 g/mol. The molecule has 1 saturated heterocycles. The predicted octanol–water partition coefficient (Wildman–Crippen LogP) is -0.0190. The van der Waals surface area contributed by atoms with Crippen molar-refractivity contribution in [2.24, 2.45) is 12.0 Å². The lowest BCUT2D eigenvalue weighted by Gasteiger charge is -2.41. The van der Waals surface area contributed by atoms with Gasteiger partial charge in [0.1, 0.15) is 12.9 Å². The van der Waals surface area contributed by atoms with Crippen LogP contribution < -0.4 is 10.6 Å². The van der Waals surface area contributed by atoms with E-state index in [1.807, 2.05) is 11.6 Å². The summed E-state index contributed by atoms with van der Waals surface area (Å²) >= 11 is 0. The van der Waals surface area contributed by atoms with Crippen molar-refractivity contribution >= 4 is 5.96 Å². The zero-order valence-electron chi connectivity index (χ0n) is 14.7. The van der Waals surface area contributed by atoms with Crippen molar-refractivity contribution in [1.82, 2.24) is 30.3 Å². The summed E-state index contributed by atoms with van der Waals surface area (Å²) in [5, 5.41) is 14.7. The van der Waals surface area contributed by atoms with Crippen LogP contribution in [0.25, 0.3) is 0 Å². The summed E-state index contributed by atoms with van der Waals surface area (Å²) in [4.78, 5) is 7.05. The second kappa shape index (κ2) is 8.26. The van der Waals surface area contributed by atoms with Crippen LogP contribution in [0.5, 0.6) is 0 Å². The maximum absolute atomic E-state index is 5.44. The molecule has 8 nitrogen and oxygen atoms in total. The Hall–Kier alpha value is -1.67. The van der Waals surface area contributed by atoms with Gasteiger partial charge in [0.15, 0.2) is 11.8 Å². The summed E-state index contributed by atoms with van der Waals surface area (Å²) in [6.45, 7) is 12.3. The number of hydrogen-bond acceptors (Lipinski definition) is 5. The van der Waals surface area contributed by atoms with Crippen LogP contribution >= 0.6 is 0 Å². The summed E-state index contributed by atoms with van der Waals surface area (Å²) in [5.74, 6) is 1.64. The number of guanidine groups is 1. The number of rotatable bonds is 6. The molecular weight excluding hydrogens is 294 g/mol. The Labute approximate surface area is 138 Å². The van der Waals surface area contributed by atoms with Crippen LogP contribution in [0.2, 0.25) is 0 Å². The number of hydrogen-bond donors (Lipinski definition) is 2. The van der Waals surface area contributed by atoms with Crippen LogP contribution in [0.3, 0.4) is 0 Å². The predicted molar refractivity (Wildman–Crippen MR) is 90.3 cm³/mol. The molecule has 1 aliphatic rings. The molecule has 0 atom stereocenters. The van der Waals surface area contributed by atoms with Crippen molar-refractivity contribution in [3.05, 3.63) is 12.2 Å². The molecule has 0 saturated carbocycles. The molecule has 2 heterocycles. The van der Waals surface area contributed by atoms with Gasteiger partial charge >= 0.3 is 0 Å². The molecule has 1 aliphatic heterocycles. The van der Waals surface area contributed by atoms with Crippen molar-refractivity contribution in [2.75, 3.05) is 39.4 Å². The van der Waals surface area contributed by atoms with Crippen LogP contribution in [0.15, 0.2) is 11.3 Å². The van der Waals surface area contributed by atoms with Gasteiger partial charge in [-0.2, -0.15) is 0 Å². The Morgan fingerprint density at radius 2 is 2.09 bits per heavy atom. The number of morpholine rings is 1. The number of nitrogens with zero attached hydrogens (tertiary/aromatic N) is 5. The quantitative estimate of drug-likeness (QED) is 0.566. The highest BCUT2D eigenvalue weighted by atomic mass is 16.5. The first kappa shape index (κ1) is 17.7. The van der Waals surface area contributed by atoms with Gasteiger partial charge in [-0.3, -0.25) is 4.90 Å². The zero-order valence-corrected chi connectivity index (χ0v) is 14.7. The van der Waals surface area contributed by atoms with Crippen molar-refractivity contribution in [3.63, 3.8) is 0 Å². The van der Waals surface area contributed by atoms with E-state index in [0.717, 1.165) is 51.2 Å². The maximum atomic E-state index is 5.44. The number of ether oxygens (including phenoxy) is 1. The monoisotopic (exact) mass is 323 g/mol. The first-order valence-corrected chi connectivity index (χ1v) is 8.21. The molecular formula is C15H29N7O. The number of aryl methyl sites for hydroxylation is 1. The molecule has 2 rings (SSSR count). The number of aliphatic imine (C=N–C) groups is 1. The fourth-order valence-electron chi connectivity index (χ4n) is 2.52. The third kappa shape index (κ3) is 5.18. The highest BCUT2D eigenvalue weighted by molar-refractivity contribution is 5.79. The lowest BCUT2D eigenvalue weighted by Crippen LogP contribution is -2.56. The lowest BCUT2D eigenvalue weighted by molar-refractivity contribution is -0.00834. The Morgan fingerprint density at radius 3 is 2.70 bits per heavy atom. The minimum atomic E-state index is 0.0464. The molecule has 0 amide bonds. The average Bonchev–Trinajstić information content (AvgIpc) is 2.96. The minimum absolute atomic E-state index is 0.0464. The molecule has 0 spiro atoms. The Kier molecular flexibility index (Phi) is 6.35. The molecule has 23 heavy (non-hydrogen) atoms. The first-order valence-electron chi connectivity index (χ1n) is 8.21. The van der Waals surface area contributed by atoms with E-state index in [1.165, 1.54) is 0 Å². The Morgan fingerprint density at radius 1 is 1.35 bits per heavy atom. The van der Waals surface area contributed by atoms with Crippen LogP contribution in [0, 0.1) is 0 Å². The lowest BCUT2D eigenvalue weighted by atomic mass is 10.0. The van der Waals surface area contributed by atoms with Crippen LogP contribution in [-0.2, 0) is 18.3 Å². The molecule has 8 heteroatoms. The third-order valence-electron chi connectivity index (χ3n) is 4.08. The zero-order chi connectivity index (χ0) is 16.7. The number of aromatic nitrogens is 3. The van der Waals surface area contributed by atoms with Gasteiger partial charge in [0, 0.05) is 38.8 Å². The van der Waals surface area contributed by atoms with E-state index in [9.17, 15) is 0 Å². The molecule has 1 aromatic rings. The van der Waals surface area contributed by atoms with Gasteiger partial charge in [-0.25, -0.2) is 4.99 Å². The highest BCUT2D eigenvalue weighted by Gasteiger charge is 2.28. The largest absolute Gasteiger partial charge is 0.379 e. The second-order valence-electron chi connectivity index (χ2n) is 6.32. The fraction of sp³-hybridized carbons (Fsp3) is 0.800. The summed E-state index contributed by atoms with van der Waals surface area (Å²) in [5.41, 5.74) is 0.0464. The molecule has 2 N–H and O–H groups in total. The Bertz CT molecular complexity index is 506. The van der Waals surface area contributed by atoms with Gasteiger partial charge < -0.3 is 19.9 Å². The minimum Gasteiger partial charge on any atom is -0.379 e. The van der Waals surface area contributed by atoms with E-state index in [4.69, 9.17) is 4.74 Å². The summed E-state index contributed by atoms with van der Waals surface area (Å²) < 4.78 is 7.32. The van der Waals surface area contributed by atoms with Crippen molar-refractivity contribution in [3.8, 4) is 0 Å². The standard InChI is InChI=1S/C15H29N7O/c1-5-16-14(17-10-13-20-19-12-21(13)4)18-11-15(2,3)22-6-8-23-9-7-22/h12H,5-11H2,1-4H3,(H2,16,17,18). The summed E-state index contributed by atoms with van der Waals surface area (Å²) in [6.07, 6.45) is 1.69. The molecule has 1 aromatic heterocycles.